The average Bonchev–Trinajstić information content (AvgIpc) is 2.55. The van der Waals surface area contributed by atoms with E-state index in [0.29, 0.717) is 12.2 Å². The number of benzene rings is 1. The van der Waals surface area contributed by atoms with Crippen molar-refractivity contribution < 1.29 is 14.8 Å². The number of hydrogen-bond donors (Lipinski definition) is 1. The molecular weight excluding hydrogens is 336 g/mol. The molecule has 0 radical (unpaired) electrons. The summed E-state index contributed by atoms with van der Waals surface area (Å²) in [6.45, 7) is 0. The van der Waals surface area contributed by atoms with E-state index in [1.54, 1.807) is 0 Å². The van der Waals surface area contributed by atoms with Crippen LogP contribution in [-0.4, -0.2) is 26.7 Å². The van der Waals surface area contributed by atoms with E-state index in [1.807, 2.05) is 30.3 Å². The lowest BCUT2D eigenvalue weighted by Gasteiger charge is -2.11. The number of aromatic nitrogens is 1. The van der Waals surface area contributed by atoms with Crippen LogP contribution in [0.3, 0.4) is 0 Å². The standard InChI is InChI=1S/C15H14N2O4S2/c18-15(19)12(9-11-5-2-1-3-6-11)10-22-23-14-13(17(20)21)7-4-8-16-14/h1-8,12H,9-10H2,(H,18,19). The maximum atomic E-state index is 11.4. The van der Waals surface area contributed by atoms with Crippen LogP contribution in [0.1, 0.15) is 5.56 Å². The van der Waals surface area contributed by atoms with Gasteiger partial charge in [-0.1, -0.05) is 41.1 Å². The fourth-order valence-corrected chi connectivity index (χ4v) is 4.23. The molecule has 0 amide bonds. The lowest BCUT2D eigenvalue weighted by Crippen LogP contribution is -2.18. The highest BCUT2D eigenvalue weighted by atomic mass is 33.1. The Bertz CT molecular complexity index is 682. The van der Waals surface area contributed by atoms with Crippen molar-refractivity contribution in [2.45, 2.75) is 11.4 Å². The van der Waals surface area contributed by atoms with Gasteiger partial charge in [-0.15, -0.1) is 0 Å². The molecule has 2 aromatic rings. The highest BCUT2D eigenvalue weighted by Gasteiger charge is 2.20. The van der Waals surface area contributed by atoms with Crippen molar-refractivity contribution in [1.29, 1.82) is 0 Å². The molecular formula is C15H14N2O4S2. The van der Waals surface area contributed by atoms with E-state index in [0.717, 1.165) is 16.4 Å². The van der Waals surface area contributed by atoms with Crippen LogP contribution < -0.4 is 0 Å². The zero-order chi connectivity index (χ0) is 16.7. The quantitative estimate of drug-likeness (QED) is 0.441. The maximum absolute atomic E-state index is 11.4. The Labute approximate surface area is 140 Å². The average molecular weight is 350 g/mol. The smallest absolute Gasteiger partial charge is 0.307 e. The van der Waals surface area contributed by atoms with Crippen molar-refractivity contribution in [3.05, 3.63) is 64.3 Å². The summed E-state index contributed by atoms with van der Waals surface area (Å²) in [5.74, 6) is -1.10. The summed E-state index contributed by atoms with van der Waals surface area (Å²) in [4.78, 5) is 25.8. The van der Waals surface area contributed by atoms with E-state index >= 15 is 0 Å². The second kappa shape index (κ2) is 8.54. The topological polar surface area (TPSA) is 93.3 Å². The summed E-state index contributed by atoms with van der Waals surface area (Å²) in [6.07, 6.45) is 1.91. The molecule has 2 rings (SSSR count). The van der Waals surface area contributed by atoms with Crippen LogP contribution in [0.5, 0.6) is 0 Å². The van der Waals surface area contributed by atoms with Crippen molar-refractivity contribution in [1.82, 2.24) is 4.98 Å². The maximum Gasteiger partial charge on any atom is 0.307 e. The normalized spacial score (nSPS) is 11.8. The van der Waals surface area contributed by atoms with Gasteiger partial charge in [0.15, 0.2) is 5.03 Å². The Balaban J connectivity index is 1.95. The first-order valence-corrected chi connectivity index (χ1v) is 9.05. The monoisotopic (exact) mass is 350 g/mol. The third kappa shape index (κ3) is 5.26. The van der Waals surface area contributed by atoms with Crippen molar-refractivity contribution >= 4 is 33.2 Å². The molecule has 120 valence electrons. The van der Waals surface area contributed by atoms with Gasteiger partial charge in [0.2, 0.25) is 0 Å². The number of hydrogen-bond acceptors (Lipinski definition) is 6. The molecule has 1 unspecified atom stereocenters. The second-order valence-electron chi connectivity index (χ2n) is 4.68. The second-order valence-corrected chi connectivity index (χ2v) is 7.01. The Morgan fingerprint density at radius 1 is 1.26 bits per heavy atom. The number of rotatable bonds is 8. The molecule has 0 bridgehead atoms. The molecule has 0 aliphatic carbocycles. The molecule has 0 spiro atoms. The molecule has 1 aromatic heterocycles. The summed E-state index contributed by atoms with van der Waals surface area (Å²) in [6, 6.07) is 12.3. The Morgan fingerprint density at radius 2 is 2.00 bits per heavy atom. The number of aliphatic carboxylic acids is 1. The molecule has 6 nitrogen and oxygen atoms in total. The third-order valence-corrected chi connectivity index (χ3v) is 5.39. The number of carboxylic acids is 1. The van der Waals surface area contributed by atoms with Crippen LogP contribution in [0.15, 0.2) is 53.7 Å². The first kappa shape index (κ1) is 17.3. The van der Waals surface area contributed by atoms with E-state index < -0.39 is 16.8 Å². The Morgan fingerprint density at radius 3 is 2.65 bits per heavy atom. The van der Waals surface area contributed by atoms with Crippen LogP contribution in [0, 0.1) is 16.0 Å². The van der Waals surface area contributed by atoms with Gasteiger partial charge < -0.3 is 5.11 Å². The van der Waals surface area contributed by atoms with Gasteiger partial charge in [-0.3, -0.25) is 14.9 Å². The van der Waals surface area contributed by atoms with E-state index in [2.05, 4.69) is 4.98 Å². The fourth-order valence-electron chi connectivity index (χ4n) is 1.87. The van der Waals surface area contributed by atoms with Gasteiger partial charge >= 0.3 is 11.7 Å². The third-order valence-electron chi connectivity index (χ3n) is 3.03. The van der Waals surface area contributed by atoms with Crippen molar-refractivity contribution in [2.75, 3.05) is 5.75 Å². The highest BCUT2D eigenvalue weighted by Crippen LogP contribution is 2.36. The van der Waals surface area contributed by atoms with Gasteiger partial charge in [0.05, 0.1) is 10.8 Å². The van der Waals surface area contributed by atoms with E-state index in [-0.39, 0.29) is 10.7 Å². The summed E-state index contributed by atoms with van der Waals surface area (Å²) >= 11 is 0. The molecule has 1 N–H and O–H groups in total. The highest BCUT2D eigenvalue weighted by molar-refractivity contribution is 8.76. The molecule has 8 heteroatoms. The molecule has 1 atom stereocenters. The lowest BCUT2D eigenvalue weighted by atomic mass is 10.0. The van der Waals surface area contributed by atoms with E-state index in [9.17, 15) is 20.0 Å². The van der Waals surface area contributed by atoms with Crippen molar-refractivity contribution in [2.24, 2.45) is 5.92 Å². The van der Waals surface area contributed by atoms with Gasteiger partial charge in [0.25, 0.3) is 0 Å². The lowest BCUT2D eigenvalue weighted by molar-refractivity contribution is -0.388. The molecule has 0 saturated carbocycles. The van der Waals surface area contributed by atoms with Crippen LogP contribution >= 0.6 is 21.6 Å². The predicted molar refractivity (Wildman–Crippen MR) is 90.5 cm³/mol. The van der Waals surface area contributed by atoms with Crippen molar-refractivity contribution in [3.63, 3.8) is 0 Å². The van der Waals surface area contributed by atoms with Gasteiger partial charge in [0, 0.05) is 18.0 Å². The minimum atomic E-state index is -0.877. The summed E-state index contributed by atoms with van der Waals surface area (Å²) in [5.41, 5.74) is 0.884. The number of nitro groups is 1. The molecule has 1 aromatic carbocycles. The van der Waals surface area contributed by atoms with Gasteiger partial charge in [-0.05, 0) is 28.8 Å². The van der Waals surface area contributed by atoms with Gasteiger partial charge in [-0.2, -0.15) is 0 Å². The molecule has 0 fully saturated rings. The summed E-state index contributed by atoms with van der Waals surface area (Å²) < 4.78 is 0. The van der Waals surface area contributed by atoms with E-state index in [4.69, 9.17) is 0 Å². The number of nitrogens with zero attached hydrogens (tertiary/aromatic N) is 2. The number of carbonyl (C=O) groups is 1. The first-order chi connectivity index (χ1) is 11.1. The van der Waals surface area contributed by atoms with Crippen LogP contribution in [0.2, 0.25) is 0 Å². The largest absolute Gasteiger partial charge is 0.481 e. The first-order valence-electron chi connectivity index (χ1n) is 6.73. The van der Waals surface area contributed by atoms with E-state index in [1.165, 1.54) is 29.1 Å². The molecule has 1 heterocycles. The van der Waals surface area contributed by atoms with Gasteiger partial charge in [0.1, 0.15) is 0 Å². The fraction of sp³-hybridized carbons (Fsp3) is 0.200. The Kier molecular flexibility index (Phi) is 6.42. The zero-order valence-corrected chi connectivity index (χ0v) is 13.6. The summed E-state index contributed by atoms with van der Waals surface area (Å²) in [7, 11) is 2.39. The summed E-state index contributed by atoms with van der Waals surface area (Å²) in [5, 5.41) is 20.5. The number of carboxylic acid groups (broad SMARTS) is 1. The molecule has 0 aliphatic rings. The minimum Gasteiger partial charge on any atom is -0.481 e. The Hall–Kier alpha value is -2.06. The molecule has 0 aliphatic heterocycles. The van der Waals surface area contributed by atoms with Gasteiger partial charge in [-0.25, -0.2) is 4.98 Å². The SMILES string of the molecule is O=C(O)C(CSSc1ncccc1[N+](=O)[O-])Cc1ccccc1. The van der Waals surface area contributed by atoms with Crippen molar-refractivity contribution in [3.8, 4) is 0 Å². The predicted octanol–water partition coefficient (Wildman–Crippen LogP) is 3.67. The molecule has 23 heavy (non-hydrogen) atoms. The molecule has 0 saturated heterocycles. The van der Waals surface area contributed by atoms with Crippen LogP contribution in [-0.2, 0) is 11.2 Å². The van der Waals surface area contributed by atoms with Crippen LogP contribution in [0.25, 0.3) is 0 Å². The minimum absolute atomic E-state index is 0.0695. The van der Waals surface area contributed by atoms with Crippen LogP contribution in [0.4, 0.5) is 5.69 Å². The zero-order valence-electron chi connectivity index (χ0n) is 12.0. The number of pyridine rings is 1.